The molecule has 6 heteroatoms. The molecule has 6 nitrogen and oxygen atoms in total. The Morgan fingerprint density at radius 1 is 1.00 bits per heavy atom. The summed E-state index contributed by atoms with van der Waals surface area (Å²) in [6.07, 6.45) is -0.626. The summed E-state index contributed by atoms with van der Waals surface area (Å²) in [6, 6.07) is 8.14. The van der Waals surface area contributed by atoms with Crippen molar-refractivity contribution in [1.82, 2.24) is 5.32 Å². The fourth-order valence-electron chi connectivity index (χ4n) is 2.26. The maximum atomic E-state index is 12.0. The van der Waals surface area contributed by atoms with Gasteiger partial charge in [0.25, 0.3) is 0 Å². The fraction of sp³-hybridized carbons (Fsp3) is 0.591. The summed E-state index contributed by atoms with van der Waals surface area (Å²) in [6.45, 7) is 14.6. The molecule has 160 valence electrons. The van der Waals surface area contributed by atoms with Crippen molar-refractivity contribution in [3.05, 3.63) is 35.9 Å². The SMILES string of the molecule is CC.CC.COC(=O)C(CC(C(C)=O)c1ccccc1)NC(=O)OC(C)(C)C. The van der Waals surface area contributed by atoms with Gasteiger partial charge in [-0.25, -0.2) is 9.59 Å². The Bertz CT molecular complexity index is 578. The predicted octanol–water partition coefficient (Wildman–Crippen LogP) is 4.87. The van der Waals surface area contributed by atoms with Gasteiger partial charge in [0.2, 0.25) is 0 Å². The van der Waals surface area contributed by atoms with E-state index in [9.17, 15) is 14.4 Å². The number of esters is 1. The lowest BCUT2D eigenvalue weighted by Gasteiger charge is -2.24. The van der Waals surface area contributed by atoms with Crippen molar-refractivity contribution in [1.29, 1.82) is 0 Å². The first-order valence-corrected chi connectivity index (χ1v) is 9.76. The third kappa shape index (κ3) is 11.4. The molecule has 28 heavy (non-hydrogen) atoms. The predicted molar refractivity (Wildman–Crippen MR) is 112 cm³/mol. The number of ketones is 1. The summed E-state index contributed by atoms with van der Waals surface area (Å²) < 4.78 is 9.91. The highest BCUT2D eigenvalue weighted by atomic mass is 16.6. The number of rotatable bonds is 6. The number of hydrogen-bond acceptors (Lipinski definition) is 5. The number of benzene rings is 1. The highest BCUT2D eigenvalue weighted by molar-refractivity contribution is 5.86. The Balaban J connectivity index is 0. The van der Waals surface area contributed by atoms with Crippen LogP contribution in [0.5, 0.6) is 0 Å². The monoisotopic (exact) mass is 395 g/mol. The molecular formula is C22H37NO5. The lowest BCUT2D eigenvalue weighted by molar-refractivity contribution is -0.143. The smallest absolute Gasteiger partial charge is 0.408 e. The van der Waals surface area contributed by atoms with E-state index in [1.807, 2.05) is 58.0 Å². The molecule has 0 fully saturated rings. The van der Waals surface area contributed by atoms with Gasteiger partial charge in [0, 0.05) is 5.92 Å². The quantitative estimate of drug-likeness (QED) is 0.695. The highest BCUT2D eigenvalue weighted by Gasteiger charge is 2.30. The maximum absolute atomic E-state index is 12.0. The van der Waals surface area contributed by atoms with Crippen molar-refractivity contribution in [2.75, 3.05) is 7.11 Å². The molecule has 0 radical (unpaired) electrons. The van der Waals surface area contributed by atoms with Gasteiger partial charge >= 0.3 is 12.1 Å². The summed E-state index contributed by atoms with van der Waals surface area (Å²) in [4.78, 5) is 36.0. The van der Waals surface area contributed by atoms with Crippen molar-refractivity contribution < 1.29 is 23.9 Å². The van der Waals surface area contributed by atoms with Crippen LogP contribution in [0.15, 0.2) is 30.3 Å². The molecule has 1 aromatic carbocycles. The van der Waals surface area contributed by atoms with E-state index in [2.05, 4.69) is 5.32 Å². The van der Waals surface area contributed by atoms with Crippen LogP contribution < -0.4 is 5.32 Å². The van der Waals surface area contributed by atoms with Crippen LogP contribution in [-0.4, -0.2) is 36.6 Å². The number of carbonyl (C=O) groups is 3. The Morgan fingerprint density at radius 2 is 1.50 bits per heavy atom. The van der Waals surface area contributed by atoms with E-state index in [-0.39, 0.29) is 12.2 Å². The summed E-state index contributed by atoms with van der Waals surface area (Å²) >= 11 is 0. The number of carbonyl (C=O) groups excluding carboxylic acids is 3. The fourth-order valence-corrected chi connectivity index (χ4v) is 2.26. The number of amides is 1. The van der Waals surface area contributed by atoms with Gasteiger partial charge in [-0.05, 0) is 39.7 Å². The van der Waals surface area contributed by atoms with E-state index < -0.39 is 29.6 Å². The Hall–Kier alpha value is -2.37. The zero-order chi connectivity index (χ0) is 22.3. The third-order valence-corrected chi connectivity index (χ3v) is 3.34. The molecule has 0 spiro atoms. The van der Waals surface area contributed by atoms with Gasteiger partial charge in [0.15, 0.2) is 0 Å². The molecule has 0 aliphatic heterocycles. The number of ether oxygens (including phenoxy) is 2. The number of methoxy groups -OCH3 is 1. The minimum Gasteiger partial charge on any atom is -0.467 e. The Kier molecular flexibility index (Phi) is 14.6. The lowest BCUT2D eigenvalue weighted by Crippen LogP contribution is -2.45. The van der Waals surface area contributed by atoms with Gasteiger partial charge in [0.1, 0.15) is 17.4 Å². The minimum absolute atomic E-state index is 0.0962. The average Bonchev–Trinajstić information content (AvgIpc) is 2.66. The first kappa shape index (κ1) is 27.8. The third-order valence-electron chi connectivity index (χ3n) is 3.34. The van der Waals surface area contributed by atoms with Crippen LogP contribution in [0.1, 0.15) is 73.3 Å². The van der Waals surface area contributed by atoms with Gasteiger partial charge in [-0.15, -0.1) is 0 Å². The zero-order valence-electron chi connectivity index (χ0n) is 18.8. The normalized spacial score (nSPS) is 12.0. The number of hydrogen-bond donors (Lipinski definition) is 1. The first-order valence-electron chi connectivity index (χ1n) is 9.76. The number of alkyl carbamates (subject to hydrolysis) is 1. The van der Waals surface area contributed by atoms with Gasteiger partial charge in [-0.3, -0.25) is 4.79 Å². The second-order valence-electron chi connectivity index (χ2n) is 6.53. The molecule has 2 atom stereocenters. The van der Waals surface area contributed by atoms with Crippen molar-refractivity contribution in [3.63, 3.8) is 0 Å². The van der Waals surface area contributed by atoms with Crippen LogP contribution in [0.25, 0.3) is 0 Å². The minimum atomic E-state index is -0.973. The van der Waals surface area contributed by atoms with Crippen molar-refractivity contribution in [2.45, 2.75) is 79.4 Å². The van der Waals surface area contributed by atoms with Gasteiger partial charge in [-0.2, -0.15) is 0 Å². The second kappa shape index (κ2) is 14.7. The number of nitrogens with one attached hydrogen (secondary N) is 1. The summed E-state index contributed by atoms with van der Waals surface area (Å²) in [7, 11) is 1.23. The van der Waals surface area contributed by atoms with Gasteiger partial charge in [-0.1, -0.05) is 58.0 Å². The van der Waals surface area contributed by atoms with Crippen molar-refractivity contribution in [3.8, 4) is 0 Å². The molecule has 0 aliphatic rings. The molecule has 0 saturated heterocycles. The van der Waals surface area contributed by atoms with E-state index in [0.717, 1.165) is 5.56 Å². The van der Waals surface area contributed by atoms with E-state index in [0.29, 0.717) is 0 Å². The van der Waals surface area contributed by atoms with Crippen LogP contribution in [0, 0.1) is 0 Å². The van der Waals surface area contributed by atoms with Crippen LogP contribution in [0.4, 0.5) is 4.79 Å². The zero-order valence-corrected chi connectivity index (χ0v) is 18.8. The summed E-state index contributed by atoms with van der Waals surface area (Å²) in [5.74, 6) is -1.24. The molecule has 0 aliphatic carbocycles. The lowest BCUT2D eigenvalue weighted by atomic mass is 9.89. The van der Waals surface area contributed by atoms with Gasteiger partial charge in [0.05, 0.1) is 7.11 Å². The van der Waals surface area contributed by atoms with Crippen molar-refractivity contribution in [2.24, 2.45) is 0 Å². The molecule has 1 N–H and O–H groups in total. The topological polar surface area (TPSA) is 81.7 Å². The van der Waals surface area contributed by atoms with Gasteiger partial charge < -0.3 is 14.8 Å². The highest BCUT2D eigenvalue weighted by Crippen LogP contribution is 2.23. The van der Waals surface area contributed by atoms with Crippen LogP contribution in [0.3, 0.4) is 0 Å². The molecular weight excluding hydrogens is 358 g/mol. The molecule has 0 bridgehead atoms. The van der Waals surface area contributed by atoms with Crippen LogP contribution in [-0.2, 0) is 19.1 Å². The van der Waals surface area contributed by atoms with E-state index in [4.69, 9.17) is 9.47 Å². The molecule has 0 aromatic heterocycles. The van der Waals surface area contributed by atoms with E-state index >= 15 is 0 Å². The second-order valence-corrected chi connectivity index (χ2v) is 6.53. The molecule has 1 rings (SSSR count). The molecule has 2 unspecified atom stereocenters. The standard InChI is InChI=1S/C18H25NO5.2C2H6/c1-12(20)14(13-9-7-6-8-10-13)11-15(16(21)23-5)19-17(22)24-18(2,3)4;2*1-2/h6-10,14-15H,11H2,1-5H3,(H,19,22);2*1-2H3. The molecule has 0 saturated carbocycles. The number of Topliss-reactive ketones (excluding diaryl/α,β-unsaturated/α-hetero) is 1. The Morgan fingerprint density at radius 3 is 1.89 bits per heavy atom. The van der Waals surface area contributed by atoms with Crippen LogP contribution in [0.2, 0.25) is 0 Å². The van der Waals surface area contributed by atoms with Crippen LogP contribution >= 0.6 is 0 Å². The first-order chi connectivity index (χ1) is 13.1. The van der Waals surface area contributed by atoms with Crippen molar-refractivity contribution >= 4 is 17.8 Å². The van der Waals surface area contributed by atoms with E-state index in [1.165, 1.54) is 14.0 Å². The Labute approximate surface area is 170 Å². The van der Waals surface area contributed by atoms with E-state index in [1.54, 1.807) is 20.8 Å². The largest absolute Gasteiger partial charge is 0.467 e. The summed E-state index contributed by atoms with van der Waals surface area (Å²) in [5.41, 5.74) is 0.0920. The maximum Gasteiger partial charge on any atom is 0.408 e. The molecule has 0 heterocycles. The summed E-state index contributed by atoms with van der Waals surface area (Å²) in [5, 5.41) is 2.49. The average molecular weight is 396 g/mol. The molecule has 1 aromatic rings. The molecule has 1 amide bonds.